The second-order valence-electron chi connectivity index (χ2n) is 2.76. The van der Waals surface area contributed by atoms with Crippen LogP contribution in [0.4, 0.5) is 0 Å². The minimum atomic E-state index is -3.54. The maximum absolute atomic E-state index is 11.3. The molecule has 1 amide bonds. The van der Waals surface area contributed by atoms with Crippen molar-refractivity contribution in [2.24, 2.45) is 0 Å². The maximum Gasteiger partial charge on any atom is 0.284 e. The molecule has 0 aliphatic carbocycles. The third-order valence-corrected chi connectivity index (χ3v) is 2.71. The van der Waals surface area contributed by atoms with Crippen LogP contribution in [-0.4, -0.2) is 32.7 Å². The standard InChI is InChI=1S/C7H10N2O4S2/c1-13-3-6-8-5(4-14-6)7(10)9-15(2,11)12/h4H,3H2,1-2H3,(H,9,10). The molecule has 0 aliphatic rings. The maximum atomic E-state index is 11.3. The lowest BCUT2D eigenvalue weighted by molar-refractivity contribution is 0.0977. The molecule has 1 aromatic heterocycles. The molecule has 0 bridgehead atoms. The molecule has 1 heterocycles. The van der Waals surface area contributed by atoms with E-state index in [-0.39, 0.29) is 5.69 Å². The van der Waals surface area contributed by atoms with Crippen molar-refractivity contribution in [3.63, 3.8) is 0 Å². The zero-order valence-corrected chi connectivity index (χ0v) is 9.81. The molecule has 1 aromatic rings. The average molecular weight is 250 g/mol. The number of carbonyl (C=O) groups excluding carboxylic acids is 1. The zero-order chi connectivity index (χ0) is 11.5. The summed E-state index contributed by atoms with van der Waals surface area (Å²) in [5.74, 6) is -0.726. The normalized spacial score (nSPS) is 11.3. The van der Waals surface area contributed by atoms with E-state index in [1.54, 1.807) is 0 Å². The van der Waals surface area contributed by atoms with E-state index in [4.69, 9.17) is 4.74 Å². The summed E-state index contributed by atoms with van der Waals surface area (Å²) in [7, 11) is -2.03. The number of methoxy groups -OCH3 is 1. The van der Waals surface area contributed by atoms with E-state index in [9.17, 15) is 13.2 Å². The van der Waals surface area contributed by atoms with Gasteiger partial charge in [0.1, 0.15) is 10.7 Å². The Labute approximate surface area is 91.3 Å². The third-order valence-electron chi connectivity index (χ3n) is 1.33. The monoisotopic (exact) mass is 250 g/mol. The number of carbonyl (C=O) groups is 1. The molecule has 15 heavy (non-hydrogen) atoms. The van der Waals surface area contributed by atoms with Gasteiger partial charge in [0.2, 0.25) is 10.0 Å². The lowest BCUT2D eigenvalue weighted by atomic mass is 10.5. The van der Waals surface area contributed by atoms with Gasteiger partial charge in [0.25, 0.3) is 5.91 Å². The summed E-state index contributed by atoms with van der Waals surface area (Å²) in [6, 6.07) is 0. The molecule has 1 rings (SSSR count). The number of aromatic nitrogens is 1. The first-order chi connectivity index (χ1) is 6.92. The van der Waals surface area contributed by atoms with Gasteiger partial charge >= 0.3 is 0 Å². The van der Waals surface area contributed by atoms with E-state index in [0.29, 0.717) is 11.6 Å². The van der Waals surface area contributed by atoms with Gasteiger partial charge in [0, 0.05) is 12.5 Å². The van der Waals surface area contributed by atoms with E-state index in [0.717, 1.165) is 6.26 Å². The first-order valence-corrected chi connectivity index (χ1v) is 6.65. The van der Waals surface area contributed by atoms with Crippen molar-refractivity contribution < 1.29 is 17.9 Å². The first kappa shape index (κ1) is 12.1. The molecule has 0 saturated heterocycles. The van der Waals surface area contributed by atoms with E-state index in [1.165, 1.54) is 23.8 Å². The summed E-state index contributed by atoms with van der Waals surface area (Å²) in [5, 5.41) is 2.10. The Kier molecular flexibility index (Phi) is 3.77. The zero-order valence-electron chi connectivity index (χ0n) is 8.18. The summed E-state index contributed by atoms with van der Waals surface area (Å²) < 4.78 is 28.2. The number of hydrogen-bond donors (Lipinski definition) is 1. The van der Waals surface area contributed by atoms with Crippen molar-refractivity contribution in [2.75, 3.05) is 13.4 Å². The van der Waals surface area contributed by atoms with Gasteiger partial charge in [-0.1, -0.05) is 0 Å². The highest BCUT2D eigenvalue weighted by atomic mass is 32.2. The highest BCUT2D eigenvalue weighted by Crippen LogP contribution is 2.10. The van der Waals surface area contributed by atoms with E-state index < -0.39 is 15.9 Å². The van der Waals surface area contributed by atoms with Gasteiger partial charge in [-0.25, -0.2) is 18.1 Å². The number of ether oxygens (including phenoxy) is 1. The Balaban J connectivity index is 2.74. The molecular weight excluding hydrogens is 240 g/mol. The van der Waals surface area contributed by atoms with Gasteiger partial charge in [-0.15, -0.1) is 11.3 Å². The van der Waals surface area contributed by atoms with Gasteiger partial charge in [0.05, 0.1) is 12.9 Å². The highest BCUT2D eigenvalue weighted by molar-refractivity contribution is 7.89. The van der Waals surface area contributed by atoms with E-state index in [2.05, 4.69) is 4.98 Å². The second kappa shape index (κ2) is 4.69. The molecule has 0 fully saturated rings. The van der Waals surface area contributed by atoms with E-state index >= 15 is 0 Å². The van der Waals surface area contributed by atoms with Crippen molar-refractivity contribution in [1.29, 1.82) is 0 Å². The van der Waals surface area contributed by atoms with Crippen LogP contribution < -0.4 is 4.72 Å². The Morgan fingerprint density at radius 3 is 2.87 bits per heavy atom. The number of nitrogens with one attached hydrogen (secondary N) is 1. The third kappa shape index (κ3) is 3.94. The van der Waals surface area contributed by atoms with E-state index in [1.807, 2.05) is 4.72 Å². The topological polar surface area (TPSA) is 85.4 Å². The minimum absolute atomic E-state index is 0.0810. The van der Waals surface area contributed by atoms with Crippen molar-refractivity contribution >= 4 is 27.3 Å². The Hall–Kier alpha value is -0.990. The molecule has 0 radical (unpaired) electrons. The molecule has 0 aliphatic heterocycles. The second-order valence-corrected chi connectivity index (χ2v) is 5.45. The summed E-state index contributed by atoms with van der Waals surface area (Å²) >= 11 is 1.24. The molecule has 6 nitrogen and oxygen atoms in total. The number of sulfonamides is 1. The van der Waals surface area contributed by atoms with Gasteiger partial charge < -0.3 is 4.74 Å². The Morgan fingerprint density at radius 2 is 2.33 bits per heavy atom. The smallest absolute Gasteiger partial charge is 0.284 e. The van der Waals surface area contributed by atoms with Crippen molar-refractivity contribution in [2.45, 2.75) is 6.61 Å². The van der Waals surface area contributed by atoms with Crippen LogP contribution in [0.15, 0.2) is 5.38 Å². The molecule has 0 atom stereocenters. The van der Waals surface area contributed by atoms with Crippen LogP contribution >= 0.6 is 11.3 Å². The quantitative estimate of drug-likeness (QED) is 0.811. The van der Waals surface area contributed by atoms with Crippen LogP contribution in [0.25, 0.3) is 0 Å². The Bertz CT molecular complexity index is 451. The lowest BCUT2D eigenvalue weighted by Gasteiger charge is -1.98. The number of rotatable bonds is 4. The van der Waals surface area contributed by atoms with Crippen LogP contribution in [-0.2, 0) is 21.4 Å². The summed E-state index contributed by atoms with van der Waals surface area (Å²) in [4.78, 5) is 15.2. The van der Waals surface area contributed by atoms with Crippen molar-refractivity contribution in [3.05, 3.63) is 16.1 Å². The molecule has 0 unspecified atom stereocenters. The Morgan fingerprint density at radius 1 is 1.67 bits per heavy atom. The summed E-state index contributed by atoms with van der Waals surface area (Å²) in [6.45, 7) is 0.302. The highest BCUT2D eigenvalue weighted by Gasteiger charge is 2.14. The molecule has 1 N–H and O–H groups in total. The predicted molar refractivity (Wildman–Crippen MR) is 55.1 cm³/mol. The molecule has 8 heteroatoms. The van der Waals surface area contributed by atoms with Crippen molar-refractivity contribution in [3.8, 4) is 0 Å². The fourth-order valence-corrected chi connectivity index (χ4v) is 2.01. The number of thiazole rings is 1. The molecule has 0 spiro atoms. The van der Waals surface area contributed by atoms with Crippen LogP contribution in [0.3, 0.4) is 0 Å². The predicted octanol–water partition coefficient (Wildman–Crippen LogP) is -0.0211. The van der Waals surface area contributed by atoms with Crippen molar-refractivity contribution in [1.82, 2.24) is 9.71 Å². The fourth-order valence-electron chi connectivity index (χ4n) is 0.826. The molecule has 0 aromatic carbocycles. The number of hydrogen-bond acceptors (Lipinski definition) is 6. The number of amides is 1. The average Bonchev–Trinajstić information content (AvgIpc) is 2.50. The van der Waals surface area contributed by atoms with Gasteiger partial charge in [-0.3, -0.25) is 4.79 Å². The first-order valence-electron chi connectivity index (χ1n) is 3.88. The fraction of sp³-hybridized carbons (Fsp3) is 0.429. The number of nitrogens with zero attached hydrogens (tertiary/aromatic N) is 1. The lowest BCUT2D eigenvalue weighted by Crippen LogP contribution is -2.29. The van der Waals surface area contributed by atoms with Crippen LogP contribution in [0.2, 0.25) is 0 Å². The summed E-state index contributed by atoms with van der Waals surface area (Å²) in [5.41, 5.74) is 0.0810. The van der Waals surface area contributed by atoms with Gasteiger partial charge in [-0.05, 0) is 0 Å². The van der Waals surface area contributed by atoms with Gasteiger partial charge in [0.15, 0.2) is 0 Å². The molecule has 84 valence electrons. The largest absolute Gasteiger partial charge is 0.378 e. The summed E-state index contributed by atoms with van der Waals surface area (Å²) in [6.07, 6.45) is 0.910. The van der Waals surface area contributed by atoms with Crippen LogP contribution in [0.1, 0.15) is 15.5 Å². The molecular formula is C7H10N2O4S2. The minimum Gasteiger partial charge on any atom is -0.378 e. The van der Waals surface area contributed by atoms with Crippen LogP contribution in [0.5, 0.6) is 0 Å². The molecule has 0 saturated carbocycles. The van der Waals surface area contributed by atoms with Gasteiger partial charge in [-0.2, -0.15) is 0 Å². The van der Waals surface area contributed by atoms with Crippen LogP contribution in [0, 0.1) is 0 Å². The SMILES string of the molecule is COCc1nc(C(=O)NS(C)(=O)=O)cs1.